The fraction of sp³-hybridized carbons (Fsp3) is 0.400. The van der Waals surface area contributed by atoms with Gasteiger partial charge in [0.05, 0.1) is 32.4 Å². The summed E-state index contributed by atoms with van der Waals surface area (Å²) in [6, 6.07) is 11.7. The summed E-state index contributed by atoms with van der Waals surface area (Å²) < 4.78 is 17.9. The number of carbonyl (C=O) groups is 1. The Balaban J connectivity index is 1.50. The summed E-state index contributed by atoms with van der Waals surface area (Å²) in [4.78, 5) is 22.8. The summed E-state index contributed by atoms with van der Waals surface area (Å²) in [5.74, 6) is 2.10. The molecule has 1 atom stereocenters. The maximum absolute atomic E-state index is 11.9. The molecule has 180 valence electrons. The SMILES string of the molecule is CCOC(=O)CN1CCCC(COc2cc3c(Nc4cccc(Br)c4)ncnc3cc2OC)C1. The van der Waals surface area contributed by atoms with E-state index in [1.54, 1.807) is 7.11 Å². The number of aromatic nitrogens is 2. The molecule has 1 aliphatic rings. The highest BCUT2D eigenvalue weighted by Gasteiger charge is 2.23. The van der Waals surface area contributed by atoms with Crippen molar-refractivity contribution in [3.63, 3.8) is 0 Å². The fourth-order valence-electron chi connectivity index (χ4n) is 4.17. The molecule has 1 N–H and O–H groups in total. The van der Waals surface area contributed by atoms with Crippen molar-refractivity contribution >= 4 is 44.3 Å². The lowest BCUT2D eigenvalue weighted by Gasteiger charge is -2.31. The second-order valence-corrected chi connectivity index (χ2v) is 9.15. The van der Waals surface area contributed by atoms with Crippen LogP contribution in [0.1, 0.15) is 19.8 Å². The lowest BCUT2D eigenvalue weighted by Crippen LogP contribution is -2.41. The number of rotatable bonds is 9. The van der Waals surface area contributed by atoms with Crippen LogP contribution in [0.3, 0.4) is 0 Å². The molecule has 0 radical (unpaired) electrons. The number of likely N-dealkylation sites (tertiary alicyclic amines) is 1. The summed E-state index contributed by atoms with van der Waals surface area (Å²) in [7, 11) is 1.62. The van der Waals surface area contributed by atoms with E-state index < -0.39 is 0 Å². The van der Waals surface area contributed by atoms with Gasteiger partial charge >= 0.3 is 5.97 Å². The maximum atomic E-state index is 11.9. The molecule has 0 spiro atoms. The van der Waals surface area contributed by atoms with Crippen molar-refractivity contribution in [2.45, 2.75) is 19.8 Å². The number of hydrogen-bond donors (Lipinski definition) is 1. The average molecular weight is 529 g/mol. The van der Waals surface area contributed by atoms with Crippen LogP contribution in [0, 0.1) is 5.92 Å². The molecule has 8 nitrogen and oxygen atoms in total. The molecule has 2 aromatic carbocycles. The average Bonchev–Trinajstić information content (AvgIpc) is 2.83. The van der Waals surface area contributed by atoms with Crippen LogP contribution in [0.4, 0.5) is 11.5 Å². The van der Waals surface area contributed by atoms with Gasteiger partial charge < -0.3 is 19.5 Å². The zero-order valence-electron chi connectivity index (χ0n) is 19.4. The third-order valence-electron chi connectivity index (χ3n) is 5.74. The van der Waals surface area contributed by atoms with Crippen molar-refractivity contribution in [1.29, 1.82) is 0 Å². The molecule has 1 aromatic heterocycles. The molecular formula is C25H29BrN4O4. The second kappa shape index (κ2) is 11.5. The number of piperidine rings is 1. The van der Waals surface area contributed by atoms with E-state index in [1.807, 2.05) is 43.3 Å². The molecule has 0 amide bonds. The Morgan fingerprint density at radius 3 is 2.91 bits per heavy atom. The minimum absolute atomic E-state index is 0.175. The molecule has 1 unspecified atom stereocenters. The van der Waals surface area contributed by atoms with Gasteiger partial charge in [-0.1, -0.05) is 22.0 Å². The van der Waals surface area contributed by atoms with Crippen LogP contribution in [0.2, 0.25) is 0 Å². The molecule has 0 aliphatic carbocycles. The van der Waals surface area contributed by atoms with Gasteiger partial charge in [-0.05, 0) is 50.6 Å². The number of carbonyl (C=O) groups excluding carboxylic acids is 1. The highest BCUT2D eigenvalue weighted by molar-refractivity contribution is 9.10. The van der Waals surface area contributed by atoms with Gasteiger partial charge in [0.2, 0.25) is 0 Å². The lowest BCUT2D eigenvalue weighted by atomic mass is 9.99. The van der Waals surface area contributed by atoms with Crippen LogP contribution < -0.4 is 14.8 Å². The quantitative estimate of drug-likeness (QED) is 0.396. The van der Waals surface area contributed by atoms with E-state index in [2.05, 4.69) is 36.1 Å². The van der Waals surface area contributed by atoms with Crippen molar-refractivity contribution in [3.8, 4) is 11.5 Å². The number of hydrogen-bond acceptors (Lipinski definition) is 8. The minimum atomic E-state index is -0.175. The monoisotopic (exact) mass is 528 g/mol. The molecule has 1 saturated heterocycles. The predicted molar refractivity (Wildman–Crippen MR) is 135 cm³/mol. The number of benzene rings is 2. The van der Waals surface area contributed by atoms with Gasteiger partial charge in [-0.3, -0.25) is 9.69 Å². The number of esters is 1. The number of methoxy groups -OCH3 is 1. The Hall–Kier alpha value is -2.91. The van der Waals surface area contributed by atoms with Gasteiger partial charge in [-0.2, -0.15) is 0 Å². The normalized spacial score (nSPS) is 16.3. The largest absolute Gasteiger partial charge is 0.493 e. The second-order valence-electron chi connectivity index (χ2n) is 8.24. The standard InChI is InChI=1S/C25H29BrN4O4/c1-3-33-24(31)14-30-9-5-6-17(13-30)15-34-23-11-20-21(12-22(23)32-2)27-16-28-25(20)29-19-8-4-7-18(26)10-19/h4,7-8,10-12,16-17H,3,5-6,9,13-15H2,1-2H3,(H,27,28,29). The van der Waals surface area contributed by atoms with Gasteiger partial charge in [-0.15, -0.1) is 0 Å². The molecule has 3 aromatic rings. The molecule has 9 heteroatoms. The predicted octanol–water partition coefficient (Wildman–Crippen LogP) is 4.80. The first kappa shape index (κ1) is 24.2. The van der Waals surface area contributed by atoms with Gasteiger partial charge in [0.25, 0.3) is 0 Å². The highest BCUT2D eigenvalue weighted by atomic mass is 79.9. The number of fused-ring (bicyclic) bond motifs is 1. The maximum Gasteiger partial charge on any atom is 0.320 e. The Labute approximate surface area is 207 Å². The van der Waals surface area contributed by atoms with Crippen molar-refractivity contribution in [1.82, 2.24) is 14.9 Å². The molecule has 1 fully saturated rings. The van der Waals surface area contributed by atoms with Crippen LogP contribution in [-0.4, -0.2) is 60.8 Å². The highest BCUT2D eigenvalue weighted by Crippen LogP contribution is 2.35. The van der Waals surface area contributed by atoms with Crippen molar-refractivity contribution in [2.24, 2.45) is 5.92 Å². The summed E-state index contributed by atoms with van der Waals surface area (Å²) >= 11 is 3.50. The molecular weight excluding hydrogens is 500 g/mol. The van der Waals surface area contributed by atoms with E-state index in [-0.39, 0.29) is 5.97 Å². The van der Waals surface area contributed by atoms with Gasteiger partial charge in [-0.25, -0.2) is 9.97 Å². The van der Waals surface area contributed by atoms with E-state index in [4.69, 9.17) is 14.2 Å². The zero-order chi connectivity index (χ0) is 23.9. The zero-order valence-corrected chi connectivity index (χ0v) is 21.0. The van der Waals surface area contributed by atoms with Crippen LogP contribution in [0.5, 0.6) is 11.5 Å². The minimum Gasteiger partial charge on any atom is -0.493 e. The van der Waals surface area contributed by atoms with Gasteiger partial charge in [0.15, 0.2) is 11.5 Å². The van der Waals surface area contributed by atoms with E-state index in [9.17, 15) is 4.79 Å². The molecule has 34 heavy (non-hydrogen) atoms. The van der Waals surface area contributed by atoms with Gasteiger partial charge in [0, 0.05) is 34.1 Å². The van der Waals surface area contributed by atoms with E-state index in [0.29, 0.717) is 43.0 Å². The summed E-state index contributed by atoms with van der Waals surface area (Å²) in [6.45, 7) is 4.79. The molecule has 0 saturated carbocycles. The van der Waals surface area contributed by atoms with E-state index in [0.717, 1.165) is 47.0 Å². The van der Waals surface area contributed by atoms with E-state index >= 15 is 0 Å². The van der Waals surface area contributed by atoms with Crippen molar-refractivity contribution in [2.75, 3.05) is 45.3 Å². The van der Waals surface area contributed by atoms with Crippen LogP contribution in [0.25, 0.3) is 10.9 Å². The Morgan fingerprint density at radius 1 is 1.24 bits per heavy atom. The first-order valence-electron chi connectivity index (χ1n) is 11.4. The Kier molecular flexibility index (Phi) is 8.18. The molecule has 4 rings (SSSR count). The smallest absolute Gasteiger partial charge is 0.320 e. The molecule has 2 heterocycles. The number of nitrogens with one attached hydrogen (secondary N) is 1. The van der Waals surface area contributed by atoms with Crippen LogP contribution in [0.15, 0.2) is 47.2 Å². The van der Waals surface area contributed by atoms with E-state index in [1.165, 1.54) is 6.33 Å². The first-order chi connectivity index (χ1) is 16.6. The third kappa shape index (κ3) is 6.15. The number of ether oxygens (including phenoxy) is 3. The van der Waals surface area contributed by atoms with Crippen molar-refractivity contribution < 1.29 is 19.0 Å². The fourth-order valence-corrected chi connectivity index (χ4v) is 4.57. The topological polar surface area (TPSA) is 85.8 Å². The molecule has 0 bridgehead atoms. The van der Waals surface area contributed by atoms with Crippen LogP contribution in [-0.2, 0) is 9.53 Å². The van der Waals surface area contributed by atoms with Crippen molar-refractivity contribution in [3.05, 3.63) is 47.2 Å². The summed E-state index contributed by atoms with van der Waals surface area (Å²) in [5.41, 5.74) is 1.67. The first-order valence-corrected chi connectivity index (χ1v) is 12.2. The summed E-state index contributed by atoms with van der Waals surface area (Å²) in [5, 5.41) is 4.20. The Bertz CT molecular complexity index is 1140. The molecule has 1 aliphatic heterocycles. The van der Waals surface area contributed by atoms with Crippen LogP contribution >= 0.6 is 15.9 Å². The number of halogens is 1. The number of anilines is 2. The summed E-state index contributed by atoms with van der Waals surface area (Å²) in [6.07, 6.45) is 3.60. The number of nitrogens with zero attached hydrogens (tertiary/aromatic N) is 3. The van der Waals surface area contributed by atoms with Gasteiger partial charge in [0.1, 0.15) is 12.1 Å². The Morgan fingerprint density at radius 2 is 2.12 bits per heavy atom. The third-order valence-corrected chi connectivity index (χ3v) is 6.24. The lowest BCUT2D eigenvalue weighted by molar-refractivity contribution is -0.144.